The molecule has 0 aliphatic rings. The van der Waals surface area contributed by atoms with Crippen LogP contribution in [0.2, 0.25) is 0 Å². The molecule has 1 rings (SSSR count). The standard InChI is InChI=1S/C14H22N/c1-5-8-15-14-12(6-2)9-11(4)10-13(14)7-3/h5,9-10,15H,6-8H2,1-4H3. The third kappa shape index (κ3) is 2.98. The first kappa shape index (κ1) is 12.1. The Balaban J connectivity index is 3.06. The molecule has 0 spiro atoms. The van der Waals surface area contributed by atoms with Gasteiger partial charge < -0.3 is 5.32 Å². The molecular weight excluding hydrogens is 182 g/mol. The SMILES string of the molecule is C[CH]CNc1c(CC)cc(C)cc1CC. The highest BCUT2D eigenvalue weighted by Gasteiger charge is 2.06. The van der Waals surface area contributed by atoms with Gasteiger partial charge in [-0.2, -0.15) is 0 Å². The van der Waals surface area contributed by atoms with Crippen LogP contribution in [0.15, 0.2) is 12.1 Å². The Bertz CT molecular complexity index is 290. The van der Waals surface area contributed by atoms with Gasteiger partial charge >= 0.3 is 0 Å². The molecule has 1 N–H and O–H groups in total. The Morgan fingerprint density at radius 2 is 1.67 bits per heavy atom. The third-order valence-corrected chi connectivity index (χ3v) is 2.69. The van der Waals surface area contributed by atoms with Gasteiger partial charge in [-0.1, -0.05) is 38.5 Å². The van der Waals surface area contributed by atoms with E-state index in [-0.39, 0.29) is 0 Å². The molecule has 0 aliphatic carbocycles. The van der Waals surface area contributed by atoms with Gasteiger partial charge in [-0.15, -0.1) is 0 Å². The predicted molar refractivity (Wildman–Crippen MR) is 68.4 cm³/mol. The third-order valence-electron chi connectivity index (χ3n) is 2.69. The van der Waals surface area contributed by atoms with E-state index in [2.05, 4.69) is 51.6 Å². The van der Waals surface area contributed by atoms with Crippen LogP contribution in [0.4, 0.5) is 5.69 Å². The van der Waals surface area contributed by atoms with Gasteiger partial charge in [-0.3, -0.25) is 0 Å². The van der Waals surface area contributed by atoms with Gasteiger partial charge in [0.2, 0.25) is 0 Å². The van der Waals surface area contributed by atoms with E-state index >= 15 is 0 Å². The molecule has 0 atom stereocenters. The van der Waals surface area contributed by atoms with E-state index in [1.165, 1.54) is 22.4 Å². The summed E-state index contributed by atoms with van der Waals surface area (Å²) in [6, 6.07) is 4.58. The number of aryl methyl sites for hydroxylation is 3. The zero-order valence-electron chi connectivity index (χ0n) is 10.4. The highest BCUT2D eigenvalue weighted by atomic mass is 14.9. The Hall–Kier alpha value is -0.980. The normalized spacial score (nSPS) is 10.4. The summed E-state index contributed by atoms with van der Waals surface area (Å²) in [5.74, 6) is 0. The lowest BCUT2D eigenvalue weighted by Gasteiger charge is -2.16. The van der Waals surface area contributed by atoms with E-state index in [1.54, 1.807) is 0 Å². The summed E-state index contributed by atoms with van der Waals surface area (Å²) in [5, 5.41) is 3.51. The average Bonchev–Trinajstić information content (AvgIpc) is 2.26. The first-order chi connectivity index (χ1) is 7.22. The van der Waals surface area contributed by atoms with Gasteiger partial charge in [0.05, 0.1) is 0 Å². The fourth-order valence-corrected chi connectivity index (χ4v) is 1.93. The number of benzene rings is 1. The summed E-state index contributed by atoms with van der Waals surface area (Å²) >= 11 is 0. The second kappa shape index (κ2) is 5.79. The first-order valence-corrected chi connectivity index (χ1v) is 5.87. The summed E-state index contributed by atoms with van der Waals surface area (Å²) in [7, 11) is 0. The molecule has 0 unspecified atom stereocenters. The molecule has 1 aromatic carbocycles. The molecule has 15 heavy (non-hydrogen) atoms. The van der Waals surface area contributed by atoms with Crippen molar-refractivity contribution in [3.05, 3.63) is 35.2 Å². The van der Waals surface area contributed by atoms with E-state index in [1.807, 2.05) is 0 Å². The maximum atomic E-state index is 3.51. The Labute approximate surface area is 93.9 Å². The second-order valence-corrected chi connectivity index (χ2v) is 3.95. The van der Waals surface area contributed by atoms with Crippen LogP contribution in [0.1, 0.15) is 37.5 Å². The number of anilines is 1. The fraction of sp³-hybridized carbons (Fsp3) is 0.500. The highest BCUT2D eigenvalue weighted by Crippen LogP contribution is 2.24. The molecule has 0 fully saturated rings. The average molecular weight is 204 g/mol. The molecule has 1 nitrogen and oxygen atoms in total. The summed E-state index contributed by atoms with van der Waals surface area (Å²) in [6.45, 7) is 9.64. The molecule has 0 aliphatic heterocycles. The first-order valence-electron chi connectivity index (χ1n) is 5.87. The molecule has 1 heteroatoms. The smallest absolute Gasteiger partial charge is 0.0405 e. The summed E-state index contributed by atoms with van der Waals surface area (Å²) < 4.78 is 0. The topological polar surface area (TPSA) is 12.0 Å². The molecule has 0 bridgehead atoms. The zero-order valence-corrected chi connectivity index (χ0v) is 10.4. The van der Waals surface area contributed by atoms with Crippen molar-refractivity contribution in [3.63, 3.8) is 0 Å². The predicted octanol–water partition coefficient (Wildman–Crippen LogP) is 3.76. The van der Waals surface area contributed by atoms with Crippen LogP contribution in [-0.2, 0) is 12.8 Å². The lowest BCUT2D eigenvalue weighted by atomic mass is 9.99. The van der Waals surface area contributed by atoms with Crippen LogP contribution in [0.25, 0.3) is 0 Å². The maximum Gasteiger partial charge on any atom is 0.0405 e. The van der Waals surface area contributed by atoms with Gasteiger partial charge in [-0.25, -0.2) is 0 Å². The lowest BCUT2D eigenvalue weighted by molar-refractivity contribution is 1.06. The van der Waals surface area contributed by atoms with Crippen molar-refractivity contribution in [1.82, 2.24) is 0 Å². The Kier molecular flexibility index (Phi) is 4.67. The number of nitrogens with one attached hydrogen (secondary N) is 1. The van der Waals surface area contributed by atoms with Crippen LogP contribution in [0, 0.1) is 13.3 Å². The van der Waals surface area contributed by atoms with Gasteiger partial charge in [0.1, 0.15) is 0 Å². The van der Waals surface area contributed by atoms with Crippen LogP contribution >= 0.6 is 0 Å². The van der Waals surface area contributed by atoms with Crippen molar-refractivity contribution in [2.24, 2.45) is 0 Å². The molecule has 0 aromatic heterocycles. The molecule has 0 saturated carbocycles. The molecule has 1 radical (unpaired) electrons. The second-order valence-electron chi connectivity index (χ2n) is 3.95. The van der Waals surface area contributed by atoms with E-state index in [9.17, 15) is 0 Å². The van der Waals surface area contributed by atoms with Gasteiger partial charge in [0.15, 0.2) is 0 Å². The minimum atomic E-state index is 0.947. The summed E-state index contributed by atoms with van der Waals surface area (Å²) in [4.78, 5) is 0. The molecular formula is C14H22N. The van der Waals surface area contributed by atoms with E-state index in [0.29, 0.717) is 0 Å². The Morgan fingerprint density at radius 1 is 1.13 bits per heavy atom. The van der Waals surface area contributed by atoms with Crippen LogP contribution in [-0.4, -0.2) is 6.54 Å². The van der Waals surface area contributed by atoms with Crippen LogP contribution in [0.3, 0.4) is 0 Å². The highest BCUT2D eigenvalue weighted by molar-refractivity contribution is 5.59. The molecule has 0 saturated heterocycles. The van der Waals surface area contributed by atoms with Crippen molar-refractivity contribution in [3.8, 4) is 0 Å². The Morgan fingerprint density at radius 3 is 2.07 bits per heavy atom. The van der Waals surface area contributed by atoms with E-state index in [0.717, 1.165) is 19.4 Å². The van der Waals surface area contributed by atoms with Crippen molar-refractivity contribution in [2.75, 3.05) is 11.9 Å². The molecule has 1 aromatic rings. The summed E-state index contributed by atoms with van der Waals surface area (Å²) in [5.41, 5.74) is 5.60. The number of rotatable bonds is 5. The quantitative estimate of drug-likeness (QED) is 0.770. The van der Waals surface area contributed by atoms with E-state index in [4.69, 9.17) is 0 Å². The van der Waals surface area contributed by atoms with Gasteiger partial charge in [0.25, 0.3) is 0 Å². The molecule has 0 heterocycles. The number of hydrogen-bond acceptors (Lipinski definition) is 1. The fourth-order valence-electron chi connectivity index (χ4n) is 1.93. The van der Waals surface area contributed by atoms with Crippen molar-refractivity contribution < 1.29 is 0 Å². The lowest BCUT2D eigenvalue weighted by Crippen LogP contribution is -2.06. The minimum absolute atomic E-state index is 0.947. The maximum absolute atomic E-state index is 3.51. The van der Waals surface area contributed by atoms with Gasteiger partial charge in [-0.05, 0) is 37.3 Å². The zero-order chi connectivity index (χ0) is 11.3. The van der Waals surface area contributed by atoms with Crippen molar-refractivity contribution in [2.45, 2.75) is 40.5 Å². The van der Waals surface area contributed by atoms with E-state index < -0.39 is 0 Å². The molecule has 83 valence electrons. The monoisotopic (exact) mass is 204 g/mol. The van der Waals surface area contributed by atoms with Crippen molar-refractivity contribution in [1.29, 1.82) is 0 Å². The molecule has 0 amide bonds. The van der Waals surface area contributed by atoms with Crippen molar-refractivity contribution >= 4 is 5.69 Å². The van der Waals surface area contributed by atoms with Gasteiger partial charge in [0, 0.05) is 12.2 Å². The number of hydrogen-bond donors (Lipinski definition) is 1. The van der Waals surface area contributed by atoms with Crippen LogP contribution < -0.4 is 5.32 Å². The van der Waals surface area contributed by atoms with Crippen LogP contribution in [0.5, 0.6) is 0 Å². The minimum Gasteiger partial charge on any atom is -0.384 e. The largest absolute Gasteiger partial charge is 0.384 e. The summed E-state index contributed by atoms with van der Waals surface area (Å²) in [6.07, 6.45) is 4.35.